The highest BCUT2D eigenvalue weighted by atomic mass is 19.1. The third-order valence-corrected chi connectivity index (χ3v) is 1.33. The van der Waals surface area contributed by atoms with Gasteiger partial charge in [0.1, 0.15) is 5.82 Å². The highest BCUT2D eigenvalue weighted by molar-refractivity contribution is 5.94. The Hall–Kier alpha value is -1.91. The third-order valence-electron chi connectivity index (χ3n) is 1.33. The molecule has 13 heavy (non-hydrogen) atoms. The van der Waals surface area contributed by atoms with Gasteiger partial charge in [0, 0.05) is 5.56 Å². The Morgan fingerprint density at radius 2 is 2.23 bits per heavy atom. The van der Waals surface area contributed by atoms with Crippen LogP contribution in [0.5, 0.6) is 0 Å². The molecular weight excluding hydrogens is 175 g/mol. The van der Waals surface area contributed by atoms with Gasteiger partial charge in [-0.1, -0.05) is 6.07 Å². The van der Waals surface area contributed by atoms with E-state index >= 15 is 0 Å². The molecule has 0 aliphatic heterocycles. The summed E-state index contributed by atoms with van der Waals surface area (Å²) in [5.41, 5.74) is 4.16. The molecule has 0 aromatic heterocycles. The van der Waals surface area contributed by atoms with Crippen LogP contribution in [-0.4, -0.2) is 12.3 Å². The number of carbonyl (C=O) groups excluding carboxylic acids is 2. The van der Waals surface area contributed by atoms with Crippen molar-refractivity contribution in [2.45, 2.75) is 0 Å². The Morgan fingerprint density at radius 1 is 1.46 bits per heavy atom. The molecule has 0 spiro atoms. The average molecular weight is 182 g/mol. The summed E-state index contributed by atoms with van der Waals surface area (Å²) in [6.07, 6.45) is 0.317. The van der Waals surface area contributed by atoms with E-state index in [2.05, 4.69) is 5.43 Å². The normalized spacial score (nSPS) is 9.00. The standard InChI is InChI=1S/C8H7FN2O2/c9-7-3-1-2-6(4-7)8(13)11-10-5-12/h1-5H,(H,10,12)(H,11,13). The van der Waals surface area contributed by atoms with Gasteiger partial charge < -0.3 is 0 Å². The van der Waals surface area contributed by atoms with Crippen molar-refractivity contribution < 1.29 is 14.0 Å². The predicted octanol–water partition coefficient (Wildman–Crippen LogP) is 0.216. The van der Waals surface area contributed by atoms with Gasteiger partial charge in [-0.15, -0.1) is 0 Å². The first-order valence-electron chi connectivity index (χ1n) is 3.49. The molecule has 0 fully saturated rings. The monoisotopic (exact) mass is 182 g/mol. The summed E-state index contributed by atoms with van der Waals surface area (Å²) in [6.45, 7) is 0. The lowest BCUT2D eigenvalue weighted by atomic mass is 10.2. The van der Waals surface area contributed by atoms with Gasteiger partial charge in [-0.2, -0.15) is 0 Å². The maximum Gasteiger partial charge on any atom is 0.269 e. The lowest BCUT2D eigenvalue weighted by Gasteiger charge is -2.01. The summed E-state index contributed by atoms with van der Waals surface area (Å²) in [5, 5.41) is 0. The highest BCUT2D eigenvalue weighted by Crippen LogP contribution is 2.02. The molecule has 1 aromatic carbocycles. The van der Waals surface area contributed by atoms with Gasteiger partial charge in [0.05, 0.1) is 0 Å². The molecule has 5 heteroatoms. The molecule has 1 aromatic rings. The maximum absolute atomic E-state index is 12.6. The van der Waals surface area contributed by atoms with Gasteiger partial charge >= 0.3 is 0 Å². The number of amides is 2. The lowest BCUT2D eigenvalue weighted by molar-refractivity contribution is -0.110. The van der Waals surface area contributed by atoms with E-state index in [0.717, 1.165) is 6.07 Å². The summed E-state index contributed by atoms with van der Waals surface area (Å²) >= 11 is 0. The topological polar surface area (TPSA) is 58.2 Å². The molecule has 0 saturated carbocycles. The third kappa shape index (κ3) is 2.55. The summed E-state index contributed by atoms with van der Waals surface area (Å²) in [4.78, 5) is 20.9. The average Bonchev–Trinajstić information content (AvgIpc) is 2.14. The van der Waals surface area contributed by atoms with Crippen LogP contribution in [0.2, 0.25) is 0 Å². The van der Waals surface area contributed by atoms with Gasteiger partial charge in [0.2, 0.25) is 6.41 Å². The molecule has 2 N–H and O–H groups in total. The Bertz CT molecular complexity index is 328. The van der Waals surface area contributed by atoms with Crippen molar-refractivity contribution in [2.75, 3.05) is 0 Å². The first-order valence-corrected chi connectivity index (χ1v) is 3.49. The van der Waals surface area contributed by atoms with Crippen molar-refractivity contribution in [3.63, 3.8) is 0 Å². The zero-order valence-corrected chi connectivity index (χ0v) is 6.58. The van der Waals surface area contributed by atoms with Crippen molar-refractivity contribution in [3.8, 4) is 0 Å². The van der Waals surface area contributed by atoms with E-state index in [4.69, 9.17) is 0 Å². The van der Waals surface area contributed by atoms with Crippen LogP contribution in [0.1, 0.15) is 10.4 Å². The van der Waals surface area contributed by atoms with E-state index in [0.29, 0.717) is 6.41 Å². The summed E-state index contributed by atoms with van der Waals surface area (Å²) in [7, 11) is 0. The van der Waals surface area contributed by atoms with E-state index in [1.54, 1.807) is 0 Å². The van der Waals surface area contributed by atoms with Gasteiger partial charge in [-0.05, 0) is 18.2 Å². The van der Waals surface area contributed by atoms with Crippen LogP contribution in [0.15, 0.2) is 24.3 Å². The van der Waals surface area contributed by atoms with Crippen molar-refractivity contribution in [1.29, 1.82) is 0 Å². The molecule has 0 atom stereocenters. The molecule has 0 bridgehead atoms. The number of nitrogens with one attached hydrogen (secondary N) is 2. The zero-order valence-electron chi connectivity index (χ0n) is 6.58. The maximum atomic E-state index is 12.6. The Balaban J connectivity index is 2.71. The van der Waals surface area contributed by atoms with Crippen LogP contribution < -0.4 is 10.9 Å². The van der Waals surface area contributed by atoms with E-state index in [9.17, 15) is 14.0 Å². The smallest absolute Gasteiger partial charge is 0.269 e. The fourth-order valence-electron chi connectivity index (χ4n) is 0.797. The van der Waals surface area contributed by atoms with Crippen LogP contribution in [0.25, 0.3) is 0 Å². The molecule has 0 saturated heterocycles. The molecule has 0 aliphatic rings. The van der Waals surface area contributed by atoms with Crippen LogP contribution in [0.4, 0.5) is 4.39 Å². The summed E-state index contributed by atoms with van der Waals surface area (Å²) < 4.78 is 12.6. The van der Waals surface area contributed by atoms with Gasteiger partial charge in [-0.3, -0.25) is 20.4 Å². The largest absolute Gasteiger partial charge is 0.277 e. The molecule has 4 nitrogen and oxygen atoms in total. The highest BCUT2D eigenvalue weighted by Gasteiger charge is 2.04. The first kappa shape index (κ1) is 9.18. The second-order valence-electron chi connectivity index (χ2n) is 2.23. The van der Waals surface area contributed by atoms with E-state index in [1.165, 1.54) is 18.2 Å². The molecule has 68 valence electrons. The number of benzene rings is 1. The minimum absolute atomic E-state index is 0.148. The molecule has 1 rings (SSSR count). The Labute approximate surface area is 73.7 Å². The quantitative estimate of drug-likeness (QED) is 0.518. The Morgan fingerprint density at radius 3 is 2.85 bits per heavy atom. The second kappa shape index (κ2) is 4.20. The van der Waals surface area contributed by atoms with Crippen molar-refractivity contribution in [1.82, 2.24) is 10.9 Å². The number of halogens is 1. The van der Waals surface area contributed by atoms with Crippen molar-refractivity contribution in [3.05, 3.63) is 35.6 Å². The van der Waals surface area contributed by atoms with E-state index in [-0.39, 0.29) is 5.56 Å². The van der Waals surface area contributed by atoms with Gasteiger partial charge in [0.25, 0.3) is 5.91 Å². The molecule has 2 amide bonds. The minimum atomic E-state index is -0.563. The van der Waals surface area contributed by atoms with Crippen LogP contribution in [-0.2, 0) is 4.79 Å². The first-order chi connectivity index (χ1) is 6.24. The van der Waals surface area contributed by atoms with Crippen LogP contribution >= 0.6 is 0 Å². The van der Waals surface area contributed by atoms with Gasteiger partial charge in [-0.25, -0.2) is 4.39 Å². The fourth-order valence-corrected chi connectivity index (χ4v) is 0.797. The fraction of sp³-hybridized carbons (Fsp3) is 0. The van der Waals surface area contributed by atoms with E-state index in [1.807, 2.05) is 5.43 Å². The number of hydrazine groups is 1. The van der Waals surface area contributed by atoms with E-state index < -0.39 is 11.7 Å². The Kier molecular flexibility index (Phi) is 2.97. The number of rotatable bonds is 3. The molecule has 0 unspecified atom stereocenters. The zero-order chi connectivity index (χ0) is 9.68. The number of carbonyl (C=O) groups is 2. The summed E-state index contributed by atoms with van der Waals surface area (Å²) in [6, 6.07) is 5.14. The van der Waals surface area contributed by atoms with Crippen molar-refractivity contribution >= 4 is 12.3 Å². The lowest BCUT2D eigenvalue weighted by Crippen LogP contribution is -2.36. The molecular formula is C8H7FN2O2. The minimum Gasteiger partial charge on any atom is -0.277 e. The number of hydrogen-bond donors (Lipinski definition) is 2. The SMILES string of the molecule is O=CNNC(=O)c1cccc(F)c1. The molecule has 0 heterocycles. The molecule has 0 radical (unpaired) electrons. The number of hydrogen-bond acceptors (Lipinski definition) is 2. The van der Waals surface area contributed by atoms with Crippen LogP contribution in [0, 0.1) is 5.82 Å². The predicted molar refractivity (Wildman–Crippen MR) is 43.1 cm³/mol. The van der Waals surface area contributed by atoms with Crippen molar-refractivity contribution in [2.24, 2.45) is 0 Å². The van der Waals surface area contributed by atoms with Gasteiger partial charge in [0.15, 0.2) is 0 Å². The van der Waals surface area contributed by atoms with Crippen LogP contribution in [0.3, 0.4) is 0 Å². The second-order valence-corrected chi connectivity index (χ2v) is 2.23. The summed E-state index contributed by atoms with van der Waals surface area (Å²) in [5.74, 6) is -1.06. The molecule has 0 aliphatic carbocycles.